The minimum atomic E-state index is -0.920. The lowest BCUT2D eigenvalue weighted by molar-refractivity contribution is 0.147. The summed E-state index contributed by atoms with van der Waals surface area (Å²) in [5.74, 6) is -1.57. The highest BCUT2D eigenvalue weighted by Crippen LogP contribution is 2.20. The third-order valence-corrected chi connectivity index (χ3v) is 4.79. The van der Waals surface area contributed by atoms with E-state index in [2.05, 4.69) is 21.9 Å². The smallest absolute Gasteiger partial charge is 0.271 e. The summed E-state index contributed by atoms with van der Waals surface area (Å²) in [5, 5.41) is 4.41. The fourth-order valence-electron chi connectivity index (χ4n) is 3.22. The molecule has 0 saturated carbocycles. The molecule has 0 aliphatic carbocycles. The maximum atomic E-state index is 13.7. The van der Waals surface area contributed by atoms with E-state index < -0.39 is 11.6 Å². The molecule has 2 aromatic rings. The predicted molar refractivity (Wildman–Crippen MR) is 116 cm³/mol. The van der Waals surface area contributed by atoms with Crippen molar-refractivity contribution in [2.75, 3.05) is 33.2 Å². The van der Waals surface area contributed by atoms with Gasteiger partial charge in [-0.15, -0.1) is 24.8 Å². The largest absolute Gasteiger partial charge is 0.304 e. The molecule has 0 N–H and O–H groups in total. The van der Waals surface area contributed by atoms with Crippen LogP contribution in [0, 0.1) is 17.6 Å². The quantitative estimate of drug-likeness (QED) is 0.702. The molecule has 1 saturated heterocycles. The van der Waals surface area contributed by atoms with E-state index in [1.54, 1.807) is 6.07 Å². The number of hydrogen-bond donors (Lipinski definition) is 0. The molecule has 2 heterocycles. The average molecular weight is 449 g/mol. The van der Waals surface area contributed by atoms with Gasteiger partial charge in [-0.2, -0.15) is 5.10 Å². The topological polar surface area (TPSA) is 41.4 Å². The SMILES string of the molecule is CC(C)Cn1nc(-c2ccc(F)c(F)c2)cc(CN2CCN(C)CC2)c1=O.Cl.Cl. The molecule has 1 aliphatic rings. The Morgan fingerprint density at radius 1 is 1.03 bits per heavy atom. The third-order valence-electron chi connectivity index (χ3n) is 4.79. The fraction of sp³-hybridized carbons (Fsp3) is 0.500. The molecule has 1 aromatic heterocycles. The van der Waals surface area contributed by atoms with Gasteiger partial charge in [0, 0.05) is 50.4 Å². The molecule has 5 nitrogen and oxygen atoms in total. The highest BCUT2D eigenvalue weighted by molar-refractivity contribution is 5.85. The van der Waals surface area contributed by atoms with E-state index in [9.17, 15) is 13.6 Å². The van der Waals surface area contributed by atoms with Gasteiger partial charge in [-0.25, -0.2) is 13.5 Å². The second-order valence-corrected chi connectivity index (χ2v) is 7.64. The van der Waals surface area contributed by atoms with Gasteiger partial charge in [-0.1, -0.05) is 13.8 Å². The molecule has 162 valence electrons. The van der Waals surface area contributed by atoms with Gasteiger partial charge < -0.3 is 4.90 Å². The van der Waals surface area contributed by atoms with Gasteiger partial charge in [0.25, 0.3) is 5.56 Å². The van der Waals surface area contributed by atoms with Crippen molar-refractivity contribution < 1.29 is 8.78 Å². The monoisotopic (exact) mass is 448 g/mol. The molecule has 1 aromatic carbocycles. The van der Waals surface area contributed by atoms with E-state index in [1.807, 2.05) is 13.8 Å². The summed E-state index contributed by atoms with van der Waals surface area (Å²) in [6.07, 6.45) is 0. The normalized spacial score (nSPS) is 15.1. The lowest BCUT2D eigenvalue weighted by Crippen LogP contribution is -2.45. The Balaban J connectivity index is 0.00000210. The molecular formula is C20H28Cl2F2N4O. The van der Waals surface area contributed by atoms with Crippen molar-refractivity contribution in [1.82, 2.24) is 19.6 Å². The van der Waals surface area contributed by atoms with Crippen LogP contribution in [0.1, 0.15) is 19.4 Å². The zero-order valence-corrected chi connectivity index (χ0v) is 18.5. The van der Waals surface area contributed by atoms with E-state index in [-0.39, 0.29) is 36.3 Å². The lowest BCUT2D eigenvalue weighted by atomic mass is 10.1. The van der Waals surface area contributed by atoms with Crippen LogP contribution in [0.15, 0.2) is 29.1 Å². The van der Waals surface area contributed by atoms with E-state index in [4.69, 9.17) is 0 Å². The average Bonchev–Trinajstić information content (AvgIpc) is 2.62. The van der Waals surface area contributed by atoms with Crippen molar-refractivity contribution >= 4 is 24.8 Å². The van der Waals surface area contributed by atoms with Gasteiger partial charge >= 0.3 is 0 Å². The first-order valence-corrected chi connectivity index (χ1v) is 9.31. The summed E-state index contributed by atoms with van der Waals surface area (Å²) < 4.78 is 28.4. The molecule has 0 atom stereocenters. The number of likely N-dealkylation sites (N-methyl/N-ethyl adjacent to an activating group) is 1. The van der Waals surface area contributed by atoms with Gasteiger partial charge in [-0.05, 0) is 37.2 Å². The second-order valence-electron chi connectivity index (χ2n) is 7.64. The fourth-order valence-corrected chi connectivity index (χ4v) is 3.22. The van der Waals surface area contributed by atoms with Gasteiger partial charge in [0.2, 0.25) is 0 Å². The Morgan fingerprint density at radius 2 is 1.69 bits per heavy atom. The molecule has 1 fully saturated rings. The maximum Gasteiger partial charge on any atom is 0.271 e. The summed E-state index contributed by atoms with van der Waals surface area (Å²) in [5.41, 5.74) is 1.47. The number of nitrogens with zero attached hydrogens (tertiary/aromatic N) is 4. The molecule has 0 spiro atoms. The van der Waals surface area contributed by atoms with Gasteiger partial charge in [0.1, 0.15) is 0 Å². The second kappa shape index (κ2) is 11.0. The zero-order valence-electron chi connectivity index (χ0n) is 16.9. The van der Waals surface area contributed by atoms with Crippen molar-refractivity contribution in [2.24, 2.45) is 5.92 Å². The minimum absolute atomic E-state index is 0. The van der Waals surface area contributed by atoms with Gasteiger partial charge in [0.15, 0.2) is 11.6 Å². The van der Waals surface area contributed by atoms with Crippen LogP contribution in [0.2, 0.25) is 0 Å². The van der Waals surface area contributed by atoms with Crippen molar-refractivity contribution in [2.45, 2.75) is 26.9 Å². The number of hydrogen-bond acceptors (Lipinski definition) is 4. The van der Waals surface area contributed by atoms with Crippen molar-refractivity contribution in [3.05, 3.63) is 51.8 Å². The summed E-state index contributed by atoms with van der Waals surface area (Å²) in [6.45, 7) is 8.74. The molecule has 9 heteroatoms. The van der Waals surface area contributed by atoms with Crippen LogP contribution in [-0.2, 0) is 13.1 Å². The van der Waals surface area contributed by atoms with Crippen molar-refractivity contribution in [1.29, 1.82) is 0 Å². The highest BCUT2D eigenvalue weighted by Gasteiger charge is 2.18. The Hall–Kier alpha value is -1.54. The third kappa shape index (κ3) is 6.47. The van der Waals surface area contributed by atoms with Crippen LogP contribution in [0.3, 0.4) is 0 Å². The molecule has 0 unspecified atom stereocenters. The number of rotatable bonds is 5. The standard InChI is InChI=1S/C20H26F2N4O.2ClH/c1-14(2)12-26-20(27)16(13-25-8-6-24(3)7-9-25)11-19(23-26)15-4-5-17(21)18(22)10-15;;/h4-5,10-11,14H,6-9,12-13H2,1-3H3;2*1H. The minimum Gasteiger partial charge on any atom is -0.304 e. The molecular weight excluding hydrogens is 421 g/mol. The van der Waals surface area contributed by atoms with Crippen LogP contribution in [-0.4, -0.2) is 52.8 Å². The van der Waals surface area contributed by atoms with Crippen LogP contribution in [0.25, 0.3) is 11.3 Å². The Labute approximate surface area is 182 Å². The van der Waals surface area contributed by atoms with Crippen molar-refractivity contribution in [3.63, 3.8) is 0 Å². The maximum absolute atomic E-state index is 13.7. The predicted octanol–water partition coefficient (Wildman–Crippen LogP) is 3.44. The summed E-state index contributed by atoms with van der Waals surface area (Å²) >= 11 is 0. The van der Waals surface area contributed by atoms with Gasteiger partial charge in [0.05, 0.1) is 5.69 Å². The Bertz CT molecular complexity index is 868. The molecule has 0 amide bonds. The molecule has 0 radical (unpaired) electrons. The van der Waals surface area contributed by atoms with Crippen LogP contribution < -0.4 is 5.56 Å². The van der Waals surface area contributed by atoms with Crippen LogP contribution in [0.4, 0.5) is 8.78 Å². The van der Waals surface area contributed by atoms with E-state index in [1.165, 1.54) is 10.7 Å². The van der Waals surface area contributed by atoms with E-state index >= 15 is 0 Å². The van der Waals surface area contributed by atoms with Crippen molar-refractivity contribution in [3.8, 4) is 11.3 Å². The number of halogens is 4. The number of benzene rings is 1. The molecule has 29 heavy (non-hydrogen) atoms. The Kier molecular flexibility index (Phi) is 9.68. The zero-order chi connectivity index (χ0) is 19.6. The summed E-state index contributed by atoms with van der Waals surface area (Å²) in [7, 11) is 2.08. The highest BCUT2D eigenvalue weighted by atomic mass is 35.5. The Morgan fingerprint density at radius 3 is 2.28 bits per heavy atom. The first-order valence-electron chi connectivity index (χ1n) is 9.31. The summed E-state index contributed by atoms with van der Waals surface area (Å²) in [4.78, 5) is 17.4. The number of piperazine rings is 1. The number of aromatic nitrogens is 2. The van der Waals surface area contributed by atoms with Crippen LogP contribution >= 0.6 is 24.8 Å². The first-order chi connectivity index (χ1) is 12.8. The molecule has 1 aliphatic heterocycles. The first kappa shape index (κ1) is 25.5. The summed E-state index contributed by atoms with van der Waals surface area (Å²) in [6, 6.07) is 5.42. The van der Waals surface area contributed by atoms with E-state index in [0.717, 1.165) is 38.3 Å². The lowest BCUT2D eigenvalue weighted by Gasteiger charge is -2.32. The molecule has 0 bridgehead atoms. The molecule has 3 rings (SSSR count). The van der Waals surface area contributed by atoms with Gasteiger partial charge in [-0.3, -0.25) is 9.69 Å². The van der Waals surface area contributed by atoms with E-state index in [0.29, 0.717) is 29.9 Å². The van der Waals surface area contributed by atoms with Crippen LogP contribution in [0.5, 0.6) is 0 Å².